The second-order valence-electron chi connectivity index (χ2n) is 7.19. The topological polar surface area (TPSA) is 38.5 Å². The van der Waals surface area contributed by atoms with Crippen LogP contribution in [-0.4, -0.2) is 43.3 Å². The number of ether oxygens (including phenoxy) is 1. The van der Waals surface area contributed by atoms with Gasteiger partial charge in [-0.15, -0.1) is 0 Å². The summed E-state index contributed by atoms with van der Waals surface area (Å²) in [5.41, 5.74) is 6.53. The number of hydrogen-bond acceptors (Lipinski definition) is 3. The van der Waals surface area contributed by atoms with Crippen LogP contribution in [0.2, 0.25) is 0 Å². The molecular weight excluding hydrogens is 260 g/mol. The van der Waals surface area contributed by atoms with Crippen molar-refractivity contribution in [1.29, 1.82) is 0 Å². The number of hydrogen-bond donors (Lipinski definition) is 1. The minimum Gasteiger partial charge on any atom is -0.383 e. The van der Waals surface area contributed by atoms with E-state index in [1.165, 1.54) is 38.5 Å². The number of rotatable bonds is 9. The highest BCUT2D eigenvalue weighted by atomic mass is 16.5. The number of nitrogens with zero attached hydrogens (tertiary/aromatic N) is 1. The average Bonchev–Trinajstić information content (AvgIpc) is 2.51. The van der Waals surface area contributed by atoms with E-state index in [0.29, 0.717) is 6.04 Å². The minimum atomic E-state index is 0.197. The van der Waals surface area contributed by atoms with Crippen LogP contribution in [0.1, 0.15) is 66.2 Å². The SMILES string of the molecule is CCC(CC)N(CCOC)C1(CN)CCCC(C(C)C)C1. The molecule has 1 rings (SSSR count). The first-order valence-corrected chi connectivity index (χ1v) is 9.00. The zero-order valence-corrected chi connectivity index (χ0v) is 15.0. The van der Waals surface area contributed by atoms with Crippen molar-refractivity contribution < 1.29 is 4.74 Å². The monoisotopic (exact) mass is 298 g/mol. The third kappa shape index (κ3) is 4.67. The second-order valence-corrected chi connectivity index (χ2v) is 7.19. The highest BCUT2D eigenvalue weighted by molar-refractivity contribution is 4.99. The van der Waals surface area contributed by atoms with Crippen molar-refractivity contribution in [3.05, 3.63) is 0 Å². The van der Waals surface area contributed by atoms with Crippen LogP contribution in [0.25, 0.3) is 0 Å². The first-order valence-electron chi connectivity index (χ1n) is 9.00. The lowest BCUT2D eigenvalue weighted by atomic mass is 9.70. The summed E-state index contributed by atoms with van der Waals surface area (Å²) in [6.45, 7) is 12.0. The molecule has 21 heavy (non-hydrogen) atoms. The molecule has 2 unspecified atom stereocenters. The molecule has 0 aliphatic heterocycles. The Balaban J connectivity index is 2.97. The maximum Gasteiger partial charge on any atom is 0.0590 e. The molecule has 0 aromatic rings. The molecule has 126 valence electrons. The molecule has 3 heteroatoms. The Morgan fingerprint density at radius 3 is 2.43 bits per heavy atom. The van der Waals surface area contributed by atoms with Crippen LogP contribution in [0.3, 0.4) is 0 Å². The number of methoxy groups -OCH3 is 1. The first kappa shape index (κ1) is 18.9. The van der Waals surface area contributed by atoms with E-state index in [0.717, 1.165) is 31.5 Å². The fraction of sp³-hybridized carbons (Fsp3) is 1.00. The van der Waals surface area contributed by atoms with Crippen molar-refractivity contribution in [1.82, 2.24) is 4.90 Å². The molecule has 1 aliphatic rings. The zero-order chi connectivity index (χ0) is 15.9. The summed E-state index contributed by atoms with van der Waals surface area (Å²) in [6.07, 6.45) is 7.63. The van der Waals surface area contributed by atoms with Crippen molar-refractivity contribution in [2.24, 2.45) is 17.6 Å². The van der Waals surface area contributed by atoms with Crippen LogP contribution in [0.15, 0.2) is 0 Å². The zero-order valence-electron chi connectivity index (χ0n) is 15.0. The Morgan fingerprint density at radius 1 is 1.29 bits per heavy atom. The van der Waals surface area contributed by atoms with E-state index >= 15 is 0 Å². The van der Waals surface area contributed by atoms with Gasteiger partial charge in [-0.05, 0) is 37.5 Å². The lowest BCUT2D eigenvalue weighted by Crippen LogP contribution is -2.60. The summed E-state index contributed by atoms with van der Waals surface area (Å²) < 4.78 is 5.38. The van der Waals surface area contributed by atoms with Crippen molar-refractivity contribution in [2.75, 3.05) is 26.8 Å². The highest BCUT2D eigenvalue weighted by Gasteiger charge is 2.42. The summed E-state index contributed by atoms with van der Waals surface area (Å²) >= 11 is 0. The fourth-order valence-corrected chi connectivity index (χ4v) is 4.24. The molecule has 0 heterocycles. The van der Waals surface area contributed by atoms with Crippen molar-refractivity contribution in [3.8, 4) is 0 Å². The van der Waals surface area contributed by atoms with Gasteiger partial charge in [-0.1, -0.05) is 40.5 Å². The molecule has 0 saturated heterocycles. The van der Waals surface area contributed by atoms with Crippen LogP contribution >= 0.6 is 0 Å². The Labute approximate surface area is 132 Å². The van der Waals surface area contributed by atoms with Gasteiger partial charge >= 0.3 is 0 Å². The summed E-state index contributed by atoms with van der Waals surface area (Å²) in [5.74, 6) is 1.59. The molecule has 0 aromatic heterocycles. The normalized spacial score (nSPS) is 27.0. The summed E-state index contributed by atoms with van der Waals surface area (Å²) in [4.78, 5) is 2.71. The summed E-state index contributed by atoms with van der Waals surface area (Å²) in [5, 5.41) is 0. The lowest BCUT2D eigenvalue weighted by Gasteiger charge is -2.52. The van der Waals surface area contributed by atoms with E-state index in [4.69, 9.17) is 10.5 Å². The largest absolute Gasteiger partial charge is 0.383 e. The predicted octanol–water partition coefficient (Wildman–Crippen LogP) is 3.67. The average molecular weight is 299 g/mol. The number of nitrogens with two attached hydrogens (primary N) is 1. The third-order valence-electron chi connectivity index (χ3n) is 5.71. The molecule has 0 bridgehead atoms. The van der Waals surface area contributed by atoms with E-state index in [2.05, 4.69) is 32.6 Å². The van der Waals surface area contributed by atoms with Gasteiger partial charge in [0.05, 0.1) is 6.61 Å². The Morgan fingerprint density at radius 2 is 1.95 bits per heavy atom. The fourth-order valence-electron chi connectivity index (χ4n) is 4.24. The van der Waals surface area contributed by atoms with Gasteiger partial charge in [0.2, 0.25) is 0 Å². The van der Waals surface area contributed by atoms with E-state index in [-0.39, 0.29) is 5.54 Å². The van der Waals surface area contributed by atoms with Gasteiger partial charge in [-0.3, -0.25) is 4.90 Å². The molecule has 1 fully saturated rings. The van der Waals surface area contributed by atoms with E-state index in [9.17, 15) is 0 Å². The maximum absolute atomic E-state index is 6.34. The summed E-state index contributed by atoms with van der Waals surface area (Å²) in [7, 11) is 1.80. The van der Waals surface area contributed by atoms with Gasteiger partial charge in [-0.25, -0.2) is 0 Å². The van der Waals surface area contributed by atoms with Gasteiger partial charge < -0.3 is 10.5 Å². The van der Waals surface area contributed by atoms with Gasteiger partial charge in [-0.2, -0.15) is 0 Å². The van der Waals surface area contributed by atoms with Gasteiger partial charge in [0.25, 0.3) is 0 Å². The first-order chi connectivity index (χ1) is 10.0. The molecule has 2 atom stereocenters. The molecule has 1 aliphatic carbocycles. The van der Waals surface area contributed by atoms with E-state index in [1.54, 1.807) is 7.11 Å². The minimum absolute atomic E-state index is 0.197. The molecule has 2 N–H and O–H groups in total. The van der Waals surface area contributed by atoms with Gasteiger partial charge in [0.1, 0.15) is 0 Å². The molecule has 3 nitrogen and oxygen atoms in total. The molecule has 0 aromatic carbocycles. The van der Waals surface area contributed by atoms with Crippen LogP contribution in [0, 0.1) is 11.8 Å². The Hall–Kier alpha value is -0.120. The third-order valence-corrected chi connectivity index (χ3v) is 5.71. The van der Waals surface area contributed by atoms with Gasteiger partial charge in [0.15, 0.2) is 0 Å². The molecule has 0 spiro atoms. The summed E-state index contributed by atoms with van der Waals surface area (Å²) in [6, 6.07) is 0.634. The van der Waals surface area contributed by atoms with Crippen LogP contribution < -0.4 is 5.73 Å². The highest BCUT2D eigenvalue weighted by Crippen LogP contribution is 2.41. The lowest BCUT2D eigenvalue weighted by molar-refractivity contribution is -0.0222. The quantitative estimate of drug-likeness (QED) is 0.706. The molecule has 0 radical (unpaired) electrons. The second kappa shape index (κ2) is 9.12. The Kier molecular flexibility index (Phi) is 8.22. The van der Waals surface area contributed by atoms with Crippen LogP contribution in [-0.2, 0) is 4.74 Å². The van der Waals surface area contributed by atoms with E-state index in [1.807, 2.05) is 0 Å². The van der Waals surface area contributed by atoms with Crippen molar-refractivity contribution in [3.63, 3.8) is 0 Å². The van der Waals surface area contributed by atoms with Crippen molar-refractivity contribution >= 4 is 0 Å². The molecule has 0 amide bonds. The van der Waals surface area contributed by atoms with E-state index < -0.39 is 0 Å². The smallest absolute Gasteiger partial charge is 0.0590 e. The van der Waals surface area contributed by atoms with Crippen molar-refractivity contribution in [2.45, 2.75) is 77.8 Å². The molecule has 1 saturated carbocycles. The maximum atomic E-state index is 6.34. The van der Waals surface area contributed by atoms with Crippen LogP contribution in [0.4, 0.5) is 0 Å². The standard InChI is InChI=1S/C18H38N2O/c1-6-17(7-2)20(11-12-21-5)18(14-19)10-8-9-16(13-18)15(3)4/h15-17H,6-14,19H2,1-5H3. The Bertz CT molecular complexity index is 278. The molecular formula is C18H38N2O. The predicted molar refractivity (Wildman–Crippen MR) is 91.5 cm³/mol. The van der Waals surface area contributed by atoms with Gasteiger partial charge in [0, 0.05) is 31.8 Å². The van der Waals surface area contributed by atoms with Crippen LogP contribution in [0.5, 0.6) is 0 Å².